The summed E-state index contributed by atoms with van der Waals surface area (Å²) in [4.78, 5) is 28.9. The van der Waals surface area contributed by atoms with E-state index >= 15 is 0 Å². The van der Waals surface area contributed by atoms with E-state index in [2.05, 4.69) is 81.5 Å². The first-order chi connectivity index (χ1) is 12.4. The lowest BCUT2D eigenvalue weighted by atomic mass is 9.68. The molecule has 3 unspecified atom stereocenters. The molecule has 3 atom stereocenters. The normalized spacial score (nSPS) is 30.0. The molecule has 0 aromatic heterocycles. The van der Waals surface area contributed by atoms with Gasteiger partial charge < -0.3 is 5.32 Å². The molecule has 2 aliphatic rings. The minimum absolute atomic E-state index is 0.0222. The zero-order valence-corrected chi connectivity index (χ0v) is 20.2. The average Bonchev–Trinajstić information content (AvgIpc) is 2.64. The molecule has 1 N–H and O–H groups in total. The van der Waals surface area contributed by atoms with Gasteiger partial charge in [0.05, 0.1) is 11.8 Å². The number of hydrogen-bond donors (Lipinski definition) is 1. The van der Waals surface area contributed by atoms with Gasteiger partial charge in [0, 0.05) is 17.1 Å². The summed E-state index contributed by atoms with van der Waals surface area (Å²) < 4.78 is 0. The lowest BCUT2D eigenvalue weighted by molar-refractivity contribution is -0.145. The zero-order chi connectivity index (χ0) is 21.9. The predicted octanol–water partition coefficient (Wildman–Crippen LogP) is 5.02. The average molecular weight is 393 g/mol. The van der Waals surface area contributed by atoms with Gasteiger partial charge in [-0.3, -0.25) is 14.5 Å². The van der Waals surface area contributed by atoms with E-state index in [4.69, 9.17) is 0 Å². The number of nitrogens with zero attached hydrogens (tertiary/aromatic N) is 1. The first-order valence-corrected chi connectivity index (χ1v) is 11.0. The summed E-state index contributed by atoms with van der Waals surface area (Å²) in [7, 11) is 0. The van der Waals surface area contributed by atoms with E-state index in [-0.39, 0.29) is 51.6 Å². The molecule has 0 aromatic carbocycles. The Bertz CT molecular complexity index is 605. The Hall–Kier alpha value is -0.900. The van der Waals surface area contributed by atoms with Gasteiger partial charge in [-0.1, -0.05) is 48.5 Å². The van der Waals surface area contributed by atoms with Gasteiger partial charge >= 0.3 is 0 Å². The number of piperidine rings is 1. The third-order valence-corrected chi connectivity index (χ3v) is 7.01. The van der Waals surface area contributed by atoms with E-state index in [1.54, 1.807) is 4.90 Å². The van der Waals surface area contributed by atoms with Crippen LogP contribution in [0.25, 0.3) is 0 Å². The van der Waals surface area contributed by atoms with Crippen molar-refractivity contribution in [3.63, 3.8) is 0 Å². The predicted molar refractivity (Wildman–Crippen MR) is 116 cm³/mol. The van der Waals surface area contributed by atoms with Crippen LogP contribution in [0.2, 0.25) is 0 Å². The fourth-order valence-electron chi connectivity index (χ4n) is 5.51. The van der Waals surface area contributed by atoms with Gasteiger partial charge in [0.15, 0.2) is 0 Å². The molecule has 2 aliphatic heterocycles. The highest BCUT2D eigenvalue weighted by Crippen LogP contribution is 2.47. The fraction of sp³-hybridized carbons (Fsp3) is 0.917. The summed E-state index contributed by atoms with van der Waals surface area (Å²) in [6.07, 6.45) is 2.41. The van der Waals surface area contributed by atoms with Gasteiger partial charge in [0.25, 0.3) is 0 Å². The summed E-state index contributed by atoms with van der Waals surface area (Å²) in [5.41, 5.74) is -0.290. The second-order valence-corrected chi connectivity index (χ2v) is 13.0. The topological polar surface area (TPSA) is 49.4 Å². The highest BCUT2D eigenvalue weighted by Gasteiger charge is 2.56. The highest BCUT2D eigenvalue weighted by atomic mass is 16.2. The van der Waals surface area contributed by atoms with Gasteiger partial charge in [-0.25, -0.2) is 0 Å². The number of rotatable bonds is 3. The summed E-state index contributed by atoms with van der Waals surface area (Å²) in [5.74, 6) is 0.0651. The number of amides is 2. The van der Waals surface area contributed by atoms with Crippen molar-refractivity contribution in [1.29, 1.82) is 0 Å². The van der Waals surface area contributed by atoms with Crippen LogP contribution in [0.1, 0.15) is 95.4 Å². The molecule has 162 valence electrons. The molecule has 0 saturated carbocycles. The number of carbonyl (C=O) groups is 2. The van der Waals surface area contributed by atoms with Crippen LogP contribution in [-0.4, -0.2) is 33.8 Å². The van der Waals surface area contributed by atoms with Gasteiger partial charge in [0.1, 0.15) is 0 Å². The molecular formula is C24H44N2O2. The maximum absolute atomic E-state index is 13.6. The van der Waals surface area contributed by atoms with Crippen LogP contribution < -0.4 is 5.32 Å². The second kappa shape index (κ2) is 7.11. The van der Waals surface area contributed by atoms with Crippen molar-refractivity contribution >= 4 is 11.8 Å². The van der Waals surface area contributed by atoms with Crippen LogP contribution in [-0.2, 0) is 9.59 Å². The molecule has 4 heteroatoms. The van der Waals surface area contributed by atoms with Crippen LogP contribution in [0.5, 0.6) is 0 Å². The molecule has 2 heterocycles. The maximum atomic E-state index is 13.6. The minimum atomic E-state index is -0.231. The number of carbonyl (C=O) groups excluding carboxylic acids is 2. The molecule has 2 saturated heterocycles. The lowest BCUT2D eigenvalue weighted by Crippen LogP contribution is -2.63. The van der Waals surface area contributed by atoms with E-state index < -0.39 is 0 Å². The maximum Gasteiger partial charge on any atom is 0.233 e. The number of likely N-dealkylation sites (tertiary alicyclic amines) is 1. The van der Waals surface area contributed by atoms with Gasteiger partial charge in [0.2, 0.25) is 11.8 Å². The third-order valence-electron chi connectivity index (χ3n) is 7.01. The zero-order valence-electron chi connectivity index (χ0n) is 20.2. The molecule has 2 rings (SSSR count). The number of imide groups is 1. The largest absolute Gasteiger partial charge is 0.307 e. The summed E-state index contributed by atoms with van der Waals surface area (Å²) in [6.45, 7) is 23.9. The fourth-order valence-corrected chi connectivity index (χ4v) is 5.51. The first-order valence-electron chi connectivity index (χ1n) is 11.0. The molecule has 28 heavy (non-hydrogen) atoms. The Morgan fingerprint density at radius 3 is 1.82 bits per heavy atom. The quantitative estimate of drug-likeness (QED) is 0.686. The van der Waals surface area contributed by atoms with Crippen molar-refractivity contribution in [2.75, 3.05) is 0 Å². The third kappa shape index (κ3) is 4.80. The molecule has 4 nitrogen and oxygen atoms in total. The Morgan fingerprint density at radius 1 is 0.964 bits per heavy atom. The van der Waals surface area contributed by atoms with E-state index in [0.29, 0.717) is 5.92 Å². The van der Waals surface area contributed by atoms with Crippen molar-refractivity contribution in [3.05, 3.63) is 0 Å². The SMILES string of the molecule is CC(CC1C(=O)N(C2CC(C)(C)NC(C)(C)C2)C(=O)C1C(C)(C)C)C(C)(C)C. The van der Waals surface area contributed by atoms with Crippen molar-refractivity contribution in [3.8, 4) is 0 Å². The second-order valence-electron chi connectivity index (χ2n) is 13.0. The molecule has 2 fully saturated rings. The summed E-state index contributed by atoms with van der Waals surface area (Å²) >= 11 is 0. The van der Waals surface area contributed by atoms with Crippen LogP contribution in [0.3, 0.4) is 0 Å². The molecule has 0 spiro atoms. The number of hydrogen-bond acceptors (Lipinski definition) is 3. The van der Waals surface area contributed by atoms with Crippen molar-refractivity contribution in [1.82, 2.24) is 10.2 Å². The summed E-state index contributed by atoms with van der Waals surface area (Å²) in [5, 5.41) is 3.67. The molecule has 0 radical (unpaired) electrons. The van der Waals surface area contributed by atoms with E-state index in [9.17, 15) is 9.59 Å². The van der Waals surface area contributed by atoms with Crippen molar-refractivity contribution < 1.29 is 9.59 Å². The Labute approximate surface area is 173 Å². The van der Waals surface area contributed by atoms with Gasteiger partial charge in [-0.2, -0.15) is 0 Å². The Morgan fingerprint density at radius 2 is 1.43 bits per heavy atom. The van der Waals surface area contributed by atoms with Crippen molar-refractivity contribution in [2.45, 2.75) is 113 Å². The Balaban J connectivity index is 2.39. The van der Waals surface area contributed by atoms with Crippen molar-refractivity contribution in [2.24, 2.45) is 28.6 Å². The lowest BCUT2D eigenvalue weighted by Gasteiger charge is -2.48. The van der Waals surface area contributed by atoms with Crippen LogP contribution in [0.4, 0.5) is 0 Å². The highest BCUT2D eigenvalue weighted by molar-refractivity contribution is 6.05. The minimum Gasteiger partial charge on any atom is -0.307 e. The molecular weight excluding hydrogens is 348 g/mol. The molecule has 0 aliphatic carbocycles. The van der Waals surface area contributed by atoms with Crippen LogP contribution >= 0.6 is 0 Å². The van der Waals surface area contributed by atoms with Crippen LogP contribution in [0.15, 0.2) is 0 Å². The van der Waals surface area contributed by atoms with E-state index in [0.717, 1.165) is 19.3 Å². The van der Waals surface area contributed by atoms with Gasteiger partial charge in [-0.15, -0.1) is 0 Å². The van der Waals surface area contributed by atoms with E-state index in [1.165, 1.54) is 0 Å². The molecule has 0 bridgehead atoms. The monoisotopic (exact) mass is 392 g/mol. The Kier molecular flexibility index (Phi) is 5.93. The van der Waals surface area contributed by atoms with E-state index in [1.807, 2.05) is 0 Å². The standard InChI is InChI=1S/C24H44N2O2/c1-15(21(2,3)4)12-17-18(22(5,6)7)20(28)26(19(17)27)16-13-23(8,9)25-24(10,11)14-16/h15-18,25H,12-14H2,1-11H3. The number of nitrogens with one attached hydrogen (secondary N) is 1. The van der Waals surface area contributed by atoms with Gasteiger partial charge in [-0.05, 0) is 63.7 Å². The summed E-state index contributed by atoms with van der Waals surface area (Å²) in [6, 6.07) is -0.0222. The first kappa shape index (κ1) is 23.4. The van der Waals surface area contributed by atoms with Crippen LogP contribution in [0, 0.1) is 28.6 Å². The molecule has 2 amide bonds. The molecule has 0 aromatic rings. The smallest absolute Gasteiger partial charge is 0.233 e.